The molecule has 7 nitrogen and oxygen atoms in total. The number of carboxylic acids is 1. The van der Waals surface area contributed by atoms with E-state index >= 15 is 0 Å². The molecule has 0 bridgehead atoms. The van der Waals surface area contributed by atoms with Gasteiger partial charge in [-0.25, -0.2) is 15.1 Å². The molecular formula is C11H21N3O4S2. The first-order valence-electron chi connectivity index (χ1n) is 5.94. The van der Waals surface area contributed by atoms with E-state index in [0.717, 1.165) is 0 Å². The second-order valence-corrected chi connectivity index (χ2v) is 7.77. The van der Waals surface area contributed by atoms with E-state index in [4.69, 9.17) is 15.4 Å². The van der Waals surface area contributed by atoms with Crippen molar-refractivity contribution < 1.29 is 19.4 Å². The molecule has 20 heavy (non-hydrogen) atoms. The van der Waals surface area contributed by atoms with Gasteiger partial charge in [-0.05, 0) is 33.4 Å². The number of hydrogen-bond donors (Lipinski definition) is 3. The zero-order chi connectivity index (χ0) is 15.8. The molecule has 0 saturated carbocycles. The van der Waals surface area contributed by atoms with Crippen molar-refractivity contribution in [3.8, 4) is 0 Å². The van der Waals surface area contributed by atoms with Crippen LogP contribution >= 0.6 is 21.6 Å². The summed E-state index contributed by atoms with van der Waals surface area (Å²) in [5.74, 6) is -1.13. The second-order valence-electron chi connectivity index (χ2n) is 5.00. The van der Waals surface area contributed by atoms with Gasteiger partial charge in [-0.15, -0.1) is 0 Å². The van der Waals surface area contributed by atoms with E-state index in [1.165, 1.54) is 21.6 Å². The van der Waals surface area contributed by atoms with E-state index in [-0.39, 0.29) is 18.2 Å². The first kappa shape index (κ1) is 19.0. The summed E-state index contributed by atoms with van der Waals surface area (Å²) in [5.41, 5.74) is 6.18. The maximum Gasteiger partial charge on any atom is 0.408 e. The highest BCUT2D eigenvalue weighted by molar-refractivity contribution is 8.76. The number of amides is 1. The fraction of sp³-hybridized carbons (Fsp3) is 0.818. The third kappa shape index (κ3) is 9.03. The number of ether oxygens (including phenoxy) is 1. The predicted octanol–water partition coefficient (Wildman–Crippen LogP) is 2.77. The molecule has 1 amide bonds. The Hall–Kier alpha value is -0.960. The molecule has 0 rings (SSSR count). The van der Waals surface area contributed by atoms with Crippen LogP contribution in [0.4, 0.5) is 4.79 Å². The Bertz CT molecular complexity index is 347. The Morgan fingerprint density at radius 1 is 1.45 bits per heavy atom. The van der Waals surface area contributed by atoms with Gasteiger partial charge in [0.15, 0.2) is 0 Å². The van der Waals surface area contributed by atoms with E-state index in [2.05, 4.69) is 10.4 Å². The summed E-state index contributed by atoms with van der Waals surface area (Å²) in [7, 11) is 2.90. The van der Waals surface area contributed by atoms with Gasteiger partial charge < -0.3 is 15.2 Å². The third-order valence-corrected chi connectivity index (χ3v) is 4.21. The first-order valence-corrected chi connectivity index (χ1v) is 8.56. The maximum atomic E-state index is 11.6. The number of nitrogens with one attached hydrogen (secondary N) is 2. The fourth-order valence-electron chi connectivity index (χ4n) is 1.32. The van der Waals surface area contributed by atoms with E-state index in [9.17, 15) is 9.59 Å². The minimum Gasteiger partial charge on any atom is -0.480 e. The van der Waals surface area contributed by atoms with Gasteiger partial charge in [0, 0.05) is 5.25 Å². The highest BCUT2D eigenvalue weighted by atomic mass is 33.1. The molecule has 0 unspecified atom stereocenters. The SMILES string of the molecule is CSS[C@H](CN=N)C[C@H](NC(=O)OC(C)(C)C)C(=O)O. The van der Waals surface area contributed by atoms with Gasteiger partial charge in [0.1, 0.15) is 11.6 Å². The van der Waals surface area contributed by atoms with Crippen molar-refractivity contribution >= 4 is 33.7 Å². The van der Waals surface area contributed by atoms with E-state index < -0.39 is 23.7 Å². The number of hydrogen-bond acceptors (Lipinski definition) is 7. The van der Waals surface area contributed by atoms with Crippen molar-refractivity contribution in [1.82, 2.24) is 5.32 Å². The molecule has 9 heteroatoms. The lowest BCUT2D eigenvalue weighted by Gasteiger charge is -2.23. The van der Waals surface area contributed by atoms with Crippen LogP contribution in [0.1, 0.15) is 27.2 Å². The summed E-state index contributed by atoms with van der Waals surface area (Å²) < 4.78 is 5.03. The van der Waals surface area contributed by atoms with Gasteiger partial charge in [-0.3, -0.25) is 0 Å². The molecule has 0 fully saturated rings. The van der Waals surface area contributed by atoms with Crippen molar-refractivity contribution in [3.63, 3.8) is 0 Å². The average Bonchev–Trinajstić information content (AvgIpc) is 2.25. The summed E-state index contributed by atoms with van der Waals surface area (Å²) in [6, 6.07) is -1.06. The lowest BCUT2D eigenvalue weighted by atomic mass is 10.1. The zero-order valence-corrected chi connectivity index (χ0v) is 13.6. The highest BCUT2D eigenvalue weighted by Crippen LogP contribution is 2.27. The second kappa shape index (κ2) is 9.06. The van der Waals surface area contributed by atoms with Crippen LogP contribution in [0, 0.1) is 5.53 Å². The summed E-state index contributed by atoms with van der Waals surface area (Å²) in [4.78, 5) is 22.8. The number of carbonyl (C=O) groups is 2. The van der Waals surface area contributed by atoms with Crippen molar-refractivity contribution in [2.45, 2.75) is 44.1 Å². The molecule has 0 aromatic carbocycles. The highest BCUT2D eigenvalue weighted by Gasteiger charge is 2.27. The molecule has 0 radical (unpaired) electrons. The van der Waals surface area contributed by atoms with Crippen LogP contribution in [-0.4, -0.2) is 46.9 Å². The monoisotopic (exact) mass is 323 g/mol. The first-order chi connectivity index (χ1) is 9.19. The normalized spacial score (nSPS) is 14.2. The van der Waals surface area contributed by atoms with Crippen LogP contribution in [0.3, 0.4) is 0 Å². The Morgan fingerprint density at radius 3 is 2.45 bits per heavy atom. The number of carboxylic acid groups (broad SMARTS) is 1. The lowest BCUT2D eigenvalue weighted by Crippen LogP contribution is -2.45. The van der Waals surface area contributed by atoms with Crippen LogP contribution in [0.5, 0.6) is 0 Å². The quantitative estimate of drug-likeness (QED) is 0.468. The van der Waals surface area contributed by atoms with E-state index in [1.54, 1.807) is 20.8 Å². The van der Waals surface area contributed by atoms with Crippen molar-refractivity contribution in [2.75, 3.05) is 12.8 Å². The van der Waals surface area contributed by atoms with Crippen LogP contribution < -0.4 is 5.32 Å². The number of aliphatic carboxylic acids is 1. The number of rotatable bonds is 8. The van der Waals surface area contributed by atoms with E-state index in [0.29, 0.717) is 0 Å². The van der Waals surface area contributed by atoms with Crippen molar-refractivity contribution in [3.05, 3.63) is 0 Å². The average molecular weight is 323 g/mol. The van der Waals surface area contributed by atoms with Crippen LogP contribution in [0.2, 0.25) is 0 Å². The number of carbonyl (C=O) groups excluding carboxylic acids is 1. The Kier molecular flexibility index (Phi) is 8.63. The van der Waals surface area contributed by atoms with Gasteiger partial charge in [0.05, 0.1) is 6.54 Å². The molecule has 0 aliphatic rings. The van der Waals surface area contributed by atoms with Crippen LogP contribution in [0.15, 0.2) is 5.11 Å². The van der Waals surface area contributed by atoms with Crippen molar-refractivity contribution in [1.29, 1.82) is 5.53 Å². The Balaban J connectivity index is 4.59. The smallest absolute Gasteiger partial charge is 0.408 e. The van der Waals surface area contributed by atoms with Crippen LogP contribution in [-0.2, 0) is 9.53 Å². The molecule has 116 valence electrons. The molecule has 0 heterocycles. The molecule has 0 aliphatic carbocycles. The topological polar surface area (TPSA) is 112 Å². The summed E-state index contributed by atoms with van der Waals surface area (Å²) in [5, 5.41) is 14.6. The number of nitrogens with zero attached hydrogens (tertiary/aromatic N) is 1. The minimum absolute atomic E-state index is 0.154. The van der Waals surface area contributed by atoms with Gasteiger partial charge in [-0.1, -0.05) is 21.6 Å². The zero-order valence-electron chi connectivity index (χ0n) is 12.0. The molecule has 2 atom stereocenters. The summed E-state index contributed by atoms with van der Waals surface area (Å²) in [6.07, 6.45) is 1.28. The van der Waals surface area contributed by atoms with Gasteiger partial charge in [-0.2, -0.15) is 5.11 Å². The Morgan fingerprint density at radius 2 is 2.05 bits per heavy atom. The molecule has 3 N–H and O–H groups in total. The van der Waals surface area contributed by atoms with Gasteiger partial charge >= 0.3 is 12.1 Å². The molecular weight excluding hydrogens is 302 g/mol. The molecule has 0 aliphatic heterocycles. The minimum atomic E-state index is -1.13. The molecule has 0 aromatic heterocycles. The van der Waals surface area contributed by atoms with Crippen molar-refractivity contribution in [2.24, 2.45) is 5.11 Å². The lowest BCUT2D eigenvalue weighted by molar-refractivity contribution is -0.139. The molecule has 0 spiro atoms. The van der Waals surface area contributed by atoms with Crippen LogP contribution in [0.25, 0.3) is 0 Å². The molecule has 0 saturated heterocycles. The maximum absolute atomic E-state index is 11.6. The number of alkyl carbamates (subject to hydrolysis) is 1. The van der Waals surface area contributed by atoms with Gasteiger partial charge in [0.2, 0.25) is 0 Å². The van der Waals surface area contributed by atoms with E-state index in [1.807, 2.05) is 6.26 Å². The summed E-state index contributed by atoms with van der Waals surface area (Å²) >= 11 is 0. The summed E-state index contributed by atoms with van der Waals surface area (Å²) in [6.45, 7) is 5.32. The predicted molar refractivity (Wildman–Crippen MR) is 80.3 cm³/mol. The fourth-order valence-corrected chi connectivity index (χ4v) is 3.23. The Labute approximate surface area is 126 Å². The third-order valence-electron chi connectivity index (χ3n) is 2.01. The molecule has 0 aromatic rings. The largest absolute Gasteiger partial charge is 0.480 e. The standard InChI is InChI=1S/C11H21N3O4S2/c1-11(2,3)18-10(17)14-8(9(15)16)5-7(6-13-12)20-19-4/h7-8,12H,5-6H2,1-4H3,(H,14,17)(H,15,16)/t7-,8-/m0/s1. The van der Waals surface area contributed by atoms with Gasteiger partial charge in [0.25, 0.3) is 0 Å².